The highest BCUT2D eigenvalue weighted by molar-refractivity contribution is 5.83. The highest BCUT2D eigenvalue weighted by atomic mass is 16.2. The minimum Gasteiger partial charge on any atom is -0.368 e. The number of rotatable bonds is 3. The summed E-state index contributed by atoms with van der Waals surface area (Å²) in [6.07, 6.45) is 3.28. The molecule has 1 aliphatic carbocycles. The predicted octanol–water partition coefficient (Wildman–Crippen LogP) is 2.66. The first-order valence-electron chi connectivity index (χ1n) is 9.23. The summed E-state index contributed by atoms with van der Waals surface area (Å²) in [6, 6.07) is 18.8. The number of amides is 1. The molecule has 2 unspecified atom stereocenters. The summed E-state index contributed by atoms with van der Waals surface area (Å²) < 4.78 is 0. The molecule has 4 nitrogen and oxygen atoms in total. The standard InChI is InChI=1S/C21H25N3O/c25-21(23-19-12-6-8-16-7-4-5-11-18(16)19)20-15-24(14-13-22-20)17-9-2-1-3-10-17/h1-5,7,9-11,19-20,22H,6,8,12-15H2,(H,23,25). The summed E-state index contributed by atoms with van der Waals surface area (Å²) in [6.45, 7) is 2.47. The molecule has 2 N–H and O–H groups in total. The number of carbonyl (C=O) groups is 1. The lowest BCUT2D eigenvalue weighted by Crippen LogP contribution is -2.57. The number of carbonyl (C=O) groups excluding carboxylic acids is 1. The van der Waals surface area contributed by atoms with Crippen molar-refractivity contribution in [3.05, 3.63) is 65.7 Å². The van der Waals surface area contributed by atoms with Crippen molar-refractivity contribution < 1.29 is 4.79 Å². The van der Waals surface area contributed by atoms with Gasteiger partial charge in [0.25, 0.3) is 0 Å². The second-order valence-corrected chi connectivity index (χ2v) is 6.94. The molecule has 0 radical (unpaired) electrons. The molecule has 25 heavy (non-hydrogen) atoms. The SMILES string of the molecule is O=C(NC1CCCc2ccccc21)C1CN(c2ccccc2)CCN1. The van der Waals surface area contributed by atoms with E-state index in [2.05, 4.69) is 51.9 Å². The second-order valence-electron chi connectivity index (χ2n) is 6.94. The third-order valence-corrected chi connectivity index (χ3v) is 5.30. The Kier molecular flexibility index (Phi) is 4.70. The van der Waals surface area contributed by atoms with Gasteiger partial charge in [0.05, 0.1) is 6.04 Å². The lowest BCUT2D eigenvalue weighted by molar-refractivity contribution is -0.124. The molecule has 2 aromatic rings. The zero-order valence-corrected chi connectivity index (χ0v) is 14.4. The normalized spacial score (nSPS) is 23.0. The number of benzene rings is 2. The Bertz CT molecular complexity index is 731. The Balaban J connectivity index is 1.43. The summed E-state index contributed by atoms with van der Waals surface area (Å²) >= 11 is 0. The van der Waals surface area contributed by atoms with Crippen LogP contribution < -0.4 is 15.5 Å². The third-order valence-electron chi connectivity index (χ3n) is 5.30. The van der Waals surface area contributed by atoms with Crippen molar-refractivity contribution in [2.75, 3.05) is 24.5 Å². The van der Waals surface area contributed by atoms with Gasteiger partial charge >= 0.3 is 0 Å². The number of nitrogens with zero attached hydrogens (tertiary/aromatic N) is 1. The second kappa shape index (κ2) is 7.28. The van der Waals surface area contributed by atoms with E-state index < -0.39 is 0 Å². The van der Waals surface area contributed by atoms with Crippen LogP contribution in [-0.2, 0) is 11.2 Å². The molecule has 2 aromatic carbocycles. The maximum Gasteiger partial charge on any atom is 0.239 e. The van der Waals surface area contributed by atoms with E-state index in [0.29, 0.717) is 6.54 Å². The van der Waals surface area contributed by atoms with Crippen LogP contribution in [0.1, 0.15) is 30.0 Å². The number of nitrogens with one attached hydrogen (secondary N) is 2. The van der Waals surface area contributed by atoms with Gasteiger partial charge in [-0.25, -0.2) is 0 Å². The van der Waals surface area contributed by atoms with Crippen LogP contribution in [0.25, 0.3) is 0 Å². The van der Waals surface area contributed by atoms with Gasteiger partial charge in [-0.1, -0.05) is 42.5 Å². The highest BCUT2D eigenvalue weighted by Gasteiger charge is 2.28. The van der Waals surface area contributed by atoms with Crippen LogP contribution in [0.15, 0.2) is 54.6 Å². The molecule has 4 rings (SSSR count). The number of aryl methyl sites for hydroxylation is 1. The molecule has 1 saturated heterocycles. The van der Waals surface area contributed by atoms with E-state index in [9.17, 15) is 4.79 Å². The summed E-state index contributed by atoms with van der Waals surface area (Å²) in [5.41, 5.74) is 3.85. The van der Waals surface area contributed by atoms with Gasteiger partial charge in [-0.05, 0) is 42.5 Å². The highest BCUT2D eigenvalue weighted by Crippen LogP contribution is 2.29. The molecule has 2 atom stereocenters. The fraction of sp³-hybridized carbons (Fsp3) is 0.381. The van der Waals surface area contributed by atoms with Crippen molar-refractivity contribution in [2.24, 2.45) is 0 Å². The van der Waals surface area contributed by atoms with E-state index in [1.165, 1.54) is 16.8 Å². The molecular formula is C21H25N3O. The van der Waals surface area contributed by atoms with Crippen LogP contribution in [0.3, 0.4) is 0 Å². The van der Waals surface area contributed by atoms with E-state index in [4.69, 9.17) is 0 Å². The number of fused-ring (bicyclic) bond motifs is 1. The molecule has 2 aliphatic rings. The fourth-order valence-electron chi connectivity index (χ4n) is 3.98. The maximum absolute atomic E-state index is 12.9. The number of para-hydroxylation sites is 1. The molecule has 1 amide bonds. The quantitative estimate of drug-likeness (QED) is 0.906. The minimum atomic E-state index is -0.164. The predicted molar refractivity (Wildman–Crippen MR) is 101 cm³/mol. The van der Waals surface area contributed by atoms with Crippen molar-refractivity contribution in [3.63, 3.8) is 0 Å². The molecule has 1 heterocycles. The molecule has 4 heteroatoms. The van der Waals surface area contributed by atoms with Gasteiger partial charge < -0.3 is 15.5 Å². The number of piperazine rings is 1. The molecule has 0 saturated carbocycles. The summed E-state index contributed by atoms with van der Waals surface area (Å²) in [5, 5.41) is 6.67. The Morgan fingerprint density at radius 1 is 1.08 bits per heavy atom. The Morgan fingerprint density at radius 3 is 2.76 bits per heavy atom. The van der Waals surface area contributed by atoms with Gasteiger partial charge in [0.15, 0.2) is 0 Å². The van der Waals surface area contributed by atoms with Gasteiger partial charge in [0, 0.05) is 25.3 Å². The third kappa shape index (κ3) is 3.54. The van der Waals surface area contributed by atoms with E-state index in [1.54, 1.807) is 0 Å². The van der Waals surface area contributed by atoms with Gasteiger partial charge in [-0.15, -0.1) is 0 Å². The average molecular weight is 335 g/mol. The van der Waals surface area contributed by atoms with E-state index in [1.807, 2.05) is 18.2 Å². The lowest BCUT2D eigenvalue weighted by atomic mass is 9.87. The van der Waals surface area contributed by atoms with Crippen LogP contribution in [-0.4, -0.2) is 31.6 Å². The molecule has 0 spiro atoms. The van der Waals surface area contributed by atoms with Gasteiger partial charge in [-0.3, -0.25) is 4.79 Å². The summed E-state index contributed by atoms with van der Waals surface area (Å²) in [5.74, 6) is 0.113. The van der Waals surface area contributed by atoms with Crippen molar-refractivity contribution in [1.82, 2.24) is 10.6 Å². The van der Waals surface area contributed by atoms with Gasteiger partial charge in [0.1, 0.15) is 6.04 Å². The molecule has 130 valence electrons. The summed E-state index contributed by atoms with van der Waals surface area (Å²) in [7, 11) is 0. The van der Waals surface area contributed by atoms with E-state index in [-0.39, 0.29) is 18.0 Å². The van der Waals surface area contributed by atoms with Crippen LogP contribution in [0.2, 0.25) is 0 Å². The molecule has 0 aromatic heterocycles. The molecular weight excluding hydrogens is 310 g/mol. The first-order valence-corrected chi connectivity index (χ1v) is 9.23. The Hall–Kier alpha value is -2.33. The number of anilines is 1. The van der Waals surface area contributed by atoms with E-state index >= 15 is 0 Å². The number of hydrogen-bond acceptors (Lipinski definition) is 3. The van der Waals surface area contributed by atoms with Crippen molar-refractivity contribution in [3.8, 4) is 0 Å². The van der Waals surface area contributed by atoms with Crippen molar-refractivity contribution in [1.29, 1.82) is 0 Å². The molecule has 0 bridgehead atoms. The van der Waals surface area contributed by atoms with Crippen molar-refractivity contribution in [2.45, 2.75) is 31.3 Å². The Labute approximate surface area is 149 Å². The monoisotopic (exact) mass is 335 g/mol. The van der Waals surface area contributed by atoms with Crippen molar-refractivity contribution >= 4 is 11.6 Å². The van der Waals surface area contributed by atoms with Gasteiger partial charge in [-0.2, -0.15) is 0 Å². The fourth-order valence-corrected chi connectivity index (χ4v) is 3.98. The largest absolute Gasteiger partial charge is 0.368 e. The lowest BCUT2D eigenvalue weighted by Gasteiger charge is -2.36. The maximum atomic E-state index is 12.9. The first-order chi connectivity index (χ1) is 12.3. The van der Waals surface area contributed by atoms with Crippen LogP contribution in [0.5, 0.6) is 0 Å². The topological polar surface area (TPSA) is 44.4 Å². The van der Waals surface area contributed by atoms with Crippen LogP contribution in [0.4, 0.5) is 5.69 Å². The number of hydrogen-bond donors (Lipinski definition) is 2. The first kappa shape index (κ1) is 16.2. The average Bonchev–Trinajstić information content (AvgIpc) is 2.69. The zero-order valence-electron chi connectivity index (χ0n) is 14.4. The van der Waals surface area contributed by atoms with Crippen LogP contribution in [0, 0.1) is 0 Å². The molecule has 1 fully saturated rings. The minimum absolute atomic E-state index is 0.113. The zero-order chi connectivity index (χ0) is 17.1. The van der Waals surface area contributed by atoms with Gasteiger partial charge in [0.2, 0.25) is 5.91 Å². The van der Waals surface area contributed by atoms with Crippen LogP contribution >= 0.6 is 0 Å². The Morgan fingerprint density at radius 2 is 1.88 bits per heavy atom. The van der Waals surface area contributed by atoms with E-state index in [0.717, 1.165) is 32.4 Å². The summed E-state index contributed by atoms with van der Waals surface area (Å²) in [4.78, 5) is 15.1. The molecule has 1 aliphatic heterocycles. The smallest absolute Gasteiger partial charge is 0.239 e.